The van der Waals surface area contributed by atoms with Crippen LogP contribution in [0.1, 0.15) is 10.4 Å². The van der Waals surface area contributed by atoms with Gasteiger partial charge in [0.15, 0.2) is 11.5 Å². The third-order valence-corrected chi connectivity index (χ3v) is 4.26. The molecule has 0 spiro atoms. The molecule has 4 nitrogen and oxygen atoms in total. The summed E-state index contributed by atoms with van der Waals surface area (Å²) < 4.78 is 16.8. The molecule has 5 heteroatoms. The van der Waals surface area contributed by atoms with E-state index in [0.29, 0.717) is 27.3 Å². The predicted molar refractivity (Wildman–Crippen MR) is 89.2 cm³/mol. The normalized spacial score (nSPS) is 12.4. The van der Waals surface area contributed by atoms with Crippen molar-refractivity contribution in [2.75, 3.05) is 6.79 Å². The minimum atomic E-state index is -0.415. The first-order valence-corrected chi connectivity index (χ1v) is 7.81. The fourth-order valence-corrected chi connectivity index (χ4v) is 2.94. The standard InChI is InChI=1S/C18H11BrO4/c19-14-8-16-17(22-10-21-16)9-15(14)23-18(20)13-7-3-5-11-4-1-2-6-12(11)13/h1-9H,10H2. The Balaban J connectivity index is 1.70. The van der Waals surface area contributed by atoms with Gasteiger partial charge < -0.3 is 14.2 Å². The molecule has 0 unspecified atom stereocenters. The van der Waals surface area contributed by atoms with E-state index < -0.39 is 5.97 Å². The van der Waals surface area contributed by atoms with Gasteiger partial charge in [0.1, 0.15) is 5.75 Å². The summed E-state index contributed by atoms with van der Waals surface area (Å²) >= 11 is 3.39. The summed E-state index contributed by atoms with van der Waals surface area (Å²) in [6, 6.07) is 16.6. The minimum absolute atomic E-state index is 0.169. The second kappa shape index (κ2) is 5.59. The van der Waals surface area contributed by atoms with Crippen LogP contribution in [0.2, 0.25) is 0 Å². The molecule has 23 heavy (non-hydrogen) atoms. The van der Waals surface area contributed by atoms with Gasteiger partial charge in [-0.05, 0) is 32.8 Å². The van der Waals surface area contributed by atoms with E-state index in [1.165, 1.54) is 0 Å². The smallest absolute Gasteiger partial charge is 0.344 e. The van der Waals surface area contributed by atoms with Crippen LogP contribution in [0.15, 0.2) is 59.1 Å². The van der Waals surface area contributed by atoms with Crippen LogP contribution in [0.25, 0.3) is 10.8 Å². The van der Waals surface area contributed by atoms with E-state index in [0.717, 1.165) is 10.8 Å². The molecule has 4 rings (SSSR count). The zero-order valence-corrected chi connectivity index (χ0v) is 13.5. The Kier molecular flexibility index (Phi) is 3.42. The van der Waals surface area contributed by atoms with E-state index in [4.69, 9.17) is 14.2 Å². The lowest BCUT2D eigenvalue weighted by Gasteiger charge is -2.09. The van der Waals surface area contributed by atoms with Crippen molar-refractivity contribution in [1.82, 2.24) is 0 Å². The number of hydrogen-bond donors (Lipinski definition) is 0. The van der Waals surface area contributed by atoms with Gasteiger partial charge in [-0.25, -0.2) is 4.79 Å². The molecular formula is C18H11BrO4. The summed E-state index contributed by atoms with van der Waals surface area (Å²) in [4.78, 5) is 12.6. The van der Waals surface area contributed by atoms with Crippen molar-refractivity contribution >= 4 is 32.7 Å². The third-order valence-electron chi connectivity index (χ3n) is 3.64. The molecule has 0 radical (unpaired) electrons. The largest absolute Gasteiger partial charge is 0.454 e. The number of carbonyl (C=O) groups is 1. The van der Waals surface area contributed by atoms with Gasteiger partial charge in [0, 0.05) is 12.1 Å². The summed E-state index contributed by atoms with van der Waals surface area (Å²) in [6.45, 7) is 0.169. The van der Waals surface area contributed by atoms with Crippen molar-refractivity contribution < 1.29 is 19.0 Å². The zero-order chi connectivity index (χ0) is 15.8. The average molecular weight is 371 g/mol. The maximum atomic E-state index is 12.6. The van der Waals surface area contributed by atoms with E-state index in [2.05, 4.69) is 15.9 Å². The van der Waals surface area contributed by atoms with Gasteiger partial charge in [-0.1, -0.05) is 36.4 Å². The third kappa shape index (κ3) is 2.53. The Morgan fingerprint density at radius 1 is 1.00 bits per heavy atom. The van der Waals surface area contributed by atoms with Crippen molar-refractivity contribution in [3.63, 3.8) is 0 Å². The lowest BCUT2D eigenvalue weighted by atomic mass is 10.0. The van der Waals surface area contributed by atoms with Gasteiger partial charge in [0.05, 0.1) is 10.0 Å². The Bertz CT molecular complexity index is 915. The van der Waals surface area contributed by atoms with Gasteiger partial charge in [-0.15, -0.1) is 0 Å². The first kappa shape index (κ1) is 14.1. The van der Waals surface area contributed by atoms with Gasteiger partial charge >= 0.3 is 5.97 Å². The molecule has 0 N–H and O–H groups in total. The van der Waals surface area contributed by atoms with Crippen molar-refractivity contribution in [2.24, 2.45) is 0 Å². The number of hydrogen-bond acceptors (Lipinski definition) is 4. The van der Waals surface area contributed by atoms with E-state index >= 15 is 0 Å². The Hall–Kier alpha value is -2.53. The number of esters is 1. The molecule has 0 atom stereocenters. The van der Waals surface area contributed by atoms with Crippen LogP contribution in [0.5, 0.6) is 17.2 Å². The molecule has 114 valence electrons. The molecule has 3 aromatic rings. The molecular weight excluding hydrogens is 360 g/mol. The Morgan fingerprint density at radius 3 is 2.61 bits per heavy atom. The van der Waals surface area contributed by atoms with E-state index in [1.54, 1.807) is 18.2 Å². The lowest BCUT2D eigenvalue weighted by Crippen LogP contribution is -2.09. The molecule has 3 aromatic carbocycles. The Morgan fingerprint density at radius 2 is 1.74 bits per heavy atom. The van der Waals surface area contributed by atoms with Crippen LogP contribution < -0.4 is 14.2 Å². The van der Waals surface area contributed by atoms with Crippen molar-refractivity contribution in [3.05, 3.63) is 64.6 Å². The fraction of sp³-hybridized carbons (Fsp3) is 0.0556. The van der Waals surface area contributed by atoms with Gasteiger partial charge in [0.2, 0.25) is 6.79 Å². The monoisotopic (exact) mass is 370 g/mol. The van der Waals surface area contributed by atoms with Crippen LogP contribution in [0.4, 0.5) is 0 Å². The molecule has 0 bridgehead atoms. The summed E-state index contributed by atoms with van der Waals surface area (Å²) in [5.74, 6) is 1.17. The SMILES string of the molecule is O=C(Oc1cc2c(cc1Br)OCO2)c1cccc2ccccc12. The molecule has 1 aliphatic rings. The van der Waals surface area contributed by atoms with Crippen molar-refractivity contribution in [3.8, 4) is 17.2 Å². The first-order valence-electron chi connectivity index (χ1n) is 7.01. The van der Waals surface area contributed by atoms with Crippen LogP contribution in [-0.2, 0) is 0 Å². The topological polar surface area (TPSA) is 44.8 Å². The summed E-state index contributed by atoms with van der Waals surface area (Å²) in [7, 11) is 0. The molecule has 0 aliphatic carbocycles. The number of rotatable bonds is 2. The van der Waals surface area contributed by atoms with Crippen molar-refractivity contribution in [2.45, 2.75) is 0 Å². The lowest BCUT2D eigenvalue weighted by molar-refractivity contribution is 0.0735. The second-order valence-corrected chi connectivity index (χ2v) is 5.91. The molecule has 0 fully saturated rings. The number of carbonyl (C=O) groups excluding carboxylic acids is 1. The second-order valence-electron chi connectivity index (χ2n) is 5.05. The summed E-state index contributed by atoms with van der Waals surface area (Å²) in [5, 5.41) is 1.85. The molecule has 0 aromatic heterocycles. The number of benzene rings is 3. The Labute approximate surface area is 140 Å². The van der Waals surface area contributed by atoms with Crippen molar-refractivity contribution in [1.29, 1.82) is 0 Å². The molecule has 0 saturated heterocycles. The first-order chi connectivity index (χ1) is 11.2. The number of fused-ring (bicyclic) bond motifs is 2. The maximum Gasteiger partial charge on any atom is 0.344 e. The highest BCUT2D eigenvalue weighted by atomic mass is 79.9. The van der Waals surface area contributed by atoms with E-state index in [-0.39, 0.29) is 6.79 Å². The summed E-state index contributed by atoms with van der Waals surface area (Å²) in [6.07, 6.45) is 0. The van der Waals surface area contributed by atoms with Gasteiger partial charge in [-0.2, -0.15) is 0 Å². The quantitative estimate of drug-likeness (QED) is 0.490. The van der Waals surface area contributed by atoms with E-state index in [1.807, 2.05) is 36.4 Å². The molecule has 1 heterocycles. The highest BCUT2D eigenvalue weighted by molar-refractivity contribution is 9.10. The number of halogens is 1. The summed E-state index contributed by atoms with van der Waals surface area (Å²) in [5.41, 5.74) is 0.521. The number of ether oxygens (including phenoxy) is 3. The maximum absolute atomic E-state index is 12.6. The average Bonchev–Trinajstić information content (AvgIpc) is 3.01. The zero-order valence-electron chi connectivity index (χ0n) is 11.9. The highest BCUT2D eigenvalue weighted by Crippen LogP contribution is 2.40. The molecule has 0 saturated carbocycles. The van der Waals surface area contributed by atoms with Crippen LogP contribution >= 0.6 is 15.9 Å². The van der Waals surface area contributed by atoms with Crippen LogP contribution in [-0.4, -0.2) is 12.8 Å². The predicted octanol–water partition coefficient (Wildman–Crippen LogP) is 4.55. The van der Waals surface area contributed by atoms with Gasteiger partial charge in [-0.3, -0.25) is 0 Å². The highest BCUT2D eigenvalue weighted by Gasteiger charge is 2.20. The van der Waals surface area contributed by atoms with E-state index in [9.17, 15) is 4.79 Å². The van der Waals surface area contributed by atoms with Crippen LogP contribution in [0.3, 0.4) is 0 Å². The fourth-order valence-electron chi connectivity index (χ4n) is 2.53. The molecule has 0 amide bonds. The van der Waals surface area contributed by atoms with Gasteiger partial charge in [0.25, 0.3) is 0 Å². The van der Waals surface area contributed by atoms with Crippen LogP contribution in [0, 0.1) is 0 Å². The minimum Gasteiger partial charge on any atom is -0.454 e. The molecule has 1 aliphatic heterocycles.